The van der Waals surface area contributed by atoms with E-state index in [1.54, 1.807) is 11.3 Å². The molecule has 0 saturated carbocycles. The zero-order valence-electron chi connectivity index (χ0n) is 12.4. The first kappa shape index (κ1) is 15.0. The van der Waals surface area contributed by atoms with Crippen LogP contribution in [0, 0.1) is 13.8 Å². The van der Waals surface area contributed by atoms with Gasteiger partial charge in [-0.2, -0.15) is 0 Å². The first-order chi connectivity index (χ1) is 9.69. The lowest BCUT2D eigenvalue weighted by atomic mass is 10.2. The fourth-order valence-electron chi connectivity index (χ4n) is 1.89. The van der Waals surface area contributed by atoms with E-state index in [1.165, 1.54) is 10.4 Å². The summed E-state index contributed by atoms with van der Waals surface area (Å²) < 4.78 is 5.75. The van der Waals surface area contributed by atoms with Gasteiger partial charge in [0, 0.05) is 17.8 Å². The molecule has 2 aromatic rings. The summed E-state index contributed by atoms with van der Waals surface area (Å²) >= 11 is 1.78. The minimum absolute atomic E-state index is 0.677. The van der Waals surface area contributed by atoms with Crippen LogP contribution in [0.15, 0.2) is 24.3 Å². The zero-order chi connectivity index (χ0) is 14.4. The Hall–Kier alpha value is -1.39. The van der Waals surface area contributed by atoms with Crippen molar-refractivity contribution in [1.29, 1.82) is 0 Å². The third-order valence-corrected chi connectivity index (χ3v) is 4.30. The summed E-state index contributed by atoms with van der Waals surface area (Å²) in [5.41, 5.74) is 2.39. The van der Waals surface area contributed by atoms with Gasteiger partial charge < -0.3 is 10.1 Å². The summed E-state index contributed by atoms with van der Waals surface area (Å²) in [5.74, 6) is 0.928. The second-order valence-corrected chi connectivity index (χ2v) is 5.98. The number of benzene rings is 1. The zero-order valence-corrected chi connectivity index (χ0v) is 13.2. The molecular weight excluding hydrogens is 268 g/mol. The smallest absolute Gasteiger partial charge is 0.119 e. The van der Waals surface area contributed by atoms with Crippen LogP contribution in [0.1, 0.15) is 28.1 Å². The first-order valence-corrected chi connectivity index (χ1v) is 7.86. The van der Waals surface area contributed by atoms with Gasteiger partial charge in [-0.3, -0.25) is 0 Å². The van der Waals surface area contributed by atoms with E-state index >= 15 is 0 Å². The van der Waals surface area contributed by atoms with Gasteiger partial charge in [0.2, 0.25) is 0 Å². The van der Waals surface area contributed by atoms with Crippen LogP contribution in [0.4, 0.5) is 0 Å². The average Bonchev–Trinajstić information content (AvgIpc) is 2.79. The maximum atomic E-state index is 5.75. The maximum absolute atomic E-state index is 5.75. The third kappa shape index (κ3) is 4.32. The van der Waals surface area contributed by atoms with Crippen molar-refractivity contribution in [2.45, 2.75) is 33.7 Å². The molecule has 0 bridgehead atoms. The van der Waals surface area contributed by atoms with E-state index in [2.05, 4.69) is 43.2 Å². The van der Waals surface area contributed by atoms with Gasteiger partial charge in [-0.25, -0.2) is 4.98 Å². The number of nitrogens with zero attached hydrogens (tertiary/aromatic N) is 1. The molecule has 20 heavy (non-hydrogen) atoms. The Morgan fingerprint density at radius 1 is 1.20 bits per heavy atom. The molecule has 0 aliphatic rings. The van der Waals surface area contributed by atoms with Crippen LogP contribution < -0.4 is 10.1 Å². The second kappa shape index (κ2) is 7.41. The Balaban J connectivity index is 1.83. The molecule has 1 heterocycles. The molecule has 0 aliphatic carbocycles. The molecule has 0 aliphatic heterocycles. The number of hydrogen-bond acceptors (Lipinski definition) is 4. The molecule has 1 aromatic carbocycles. The number of nitrogens with one attached hydrogen (secondary N) is 1. The van der Waals surface area contributed by atoms with Crippen LogP contribution in [0.2, 0.25) is 0 Å². The number of rotatable bonds is 7. The number of aryl methyl sites for hydroxylation is 2. The van der Waals surface area contributed by atoms with Gasteiger partial charge in [0.15, 0.2) is 0 Å². The van der Waals surface area contributed by atoms with E-state index in [-0.39, 0.29) is 0 Å². The molecule has 3 nitrogen and oxygen atoms in total. The van der Waals surface area contributed by atoms with Crippen molar-refractivity contribution < 1.29 is 4.74 Å². The normalized spacial score (nSPS) is 10.8. The number of thiazole rings is 1. The summed E-state index contributed by atoms with van der Waals surface area (Å²) in [6.07, 6.45) is 0.867. The van der Waals surface area contributed by atoms with Gasteiger partial charge in [0.1, 0.15) is 5.75 Å². The van der Waals surface area contributed by atoms with Gasteiger partial charge >= 0.3 is 0 Å². The standard InChI is InChI=1S/C16H22N2OS/c1-4-17-11-15-13(3)18-16(20-15)9-10-19-14-7-5-12(2)6-8-14/h5-8,17H,4,9-11H2,1-3H3. The molecular formula is C16H22N2OS. The van der Waals surface area contributed by atoms with Crippen molar-refractivity contribution in [2.24, 2.45) is 0 Å². The lowest BCUT2D eigenvalue weighted by molar-refractivity contribution is 0.321. The molecule has 1 N–H and O–H groups in total. The predicted molar refractivity (Wildman–Crippen MR) is 84.6 cm³/mol. The van der Waals surface area contributed by atoms with Gasteiger partial charge in [0.25, 0.3) is 0 Å². The van der Waals surface area contributed by atoms with Crippen molar-refractivity contribution in [3.05, 3.63) is 45.4 Å². The van der Waals surface area contributed by atoms with Crippen LogP contribution in [-0.2, 0) is 13.0 Å². The van der Waals surface area contributed by atoms with Gasteiger partial charge in [-0.1, -0.05) is 24.6 Å². The average molecular weight is 290 g/mol. The molecule has 0 amide bonds. The lowest BCUT2D eigenvalue weighted by Gasteiger charge is -2.04. The first-order valence-electron chi connectivity index (χ1n) is 7.04. The SMILES string of the molecule is CCNCc1sc(CCOc2ccc(C)cc2)nc1C. The largest absolute Gasteiger partial charge is 0.493 e. The van der Waals surface area contributed by atoms with Crippen molar-refractivity contribution in [3.63, 3.8) is 0 Å². The molecule has 0 atom stereocenters. The van der Waals surface area contributed by atoms with E-state index in [1.807, 2.05) is 12.1 Å². The quantitative estimate of drug-likeness (QED) is 0.847. The number of hydrogen-bond donors (Lipinski definition) is 1. The highest BCUT2D eigenvalue weighted by Gasteiger charge is 2.07. The number of aromatic nitrogens is 1. The Bertz CT molecular complexity index is 534. The molecule has 4 heteroatoms. The highest BCUT2D eigenvalue weighted by Crippen LogP contribution is 2.19. The van der Waals surface area contributed by atoms with Crippen LogP contribution in [-0.4, -0.2) is 18.1 Å². The maximum Gasteiger partial charge on any atom is 0.119 e. The van der Waals surface area contributed by atoms with E-state index in [4.69, 9.17) is 4.74 Å². The molecule has 2 rings (SSSR count). The van der Waals surface area contributed by atoms with Crippen LogP contribution >= 0.6 is 11.3 Å². The molecule has 0 saturated heterocycles. The molecule has 0 fully saturated rings. The topological polar surface area (TPSA) is 34.1 Å². The summed E-state index contributed by atoms with van der Waals surface area (Å²) in [4.78, 5) is 5.94. The van der Waals surface area contributed by atoms with Crippen LogP contribution in [0.25, 0.3) is 0 Å². The Morgan fingerprint density at radius 3 is 2.65 bits per heavy atom. The van der Waals surface area contributed by atoms with Crippen molar-refractivity contribution in [3.8, 4) is 5.75 Å². The summed E-state index contributed by atoms with van der Waals surface area (Å²) in [7, 11) is 0. The molecule has 0 spiro atoms. The van der Waals surface area contributed by atoms with E-state index in [0.717, 1.165) is 36.0 Å². The van der Waals surface area contributed by atoms with Crippen molar-refractivity contribution in [1.82, 2.24) is 10.3 Å². The molecule has 0 unspecified atom stereocenters. The Kier molecular flexibility index (Phi) is 5.56. The Morgan fingerprint density at radius 2 is 1.95 bits per heavy atom. The van der Waals surface area contributed by atoms with E-state index in [0.29, 0.717) is 6.61 Å². The van der Waals surface area contributed by atoms with Gasteiger partial charge in [-0.05, 0) is 32.5 Å². The van der Waals surface area contributed by atoms with Crippen molar-refractivity contribution in [2.75, 3.05) is 13.2 Å². The minimum atomic E-state index is 0.677. The lowest BCUT2D eigenvalue weighted by Crippen LogP contribution is -2.11. The highest BCUT2D eigenvalue weighted by molar-refractivity contribution is 7.11. The fourth-order valence-corrected chi connectivity index (χ4v) is 2.91. The summed E-state index contributed by atoms with van der Waals surface area (Å²) in [6, 6.07) is 8.16. The monoisotopic (exact) mass is 290 g/mol. The van der Waals surface area contributed by atoms with Gasteiger partial charge in [-0.15, -0.1) is 11.3 Å². The predicted octanol–water partition coefficient (Wildman–Crippen LogP) is 3.49. The summed E-state index contributed by atoms with van der Waals surface area (Å²) in [5, 5.41) is 4.50. The third-order valence-electron chi connectivity index (χ3n) is 3.08. The molecule has 0 radical (unpaired) electrons. The van der Waals surface area contributed by atoms with E-state index in [9.17, 15) is 0 Å². The summed E-state index contributed by atoms with van der Waals surface area (Å²) in [6.45, 7) is 8.85. The van der Waals surface area contributed by atoms with Crippen LogP contribution in [0.5, 0.6) is 5.75 Å². The number of ether oxygens (including phenoxy) is 1. The highest BCUT2D eigenvalue weighted by atomic mass is 32.1. The van der Waals surface area contributed by atoms with Gasteiger partial charge in [0.05, 0.1) is 17.3 Å². The Labute approximate surface area is 125 Å². The van der Waals surface area contributed by atoms with Crippen molar-refractivity contribution >= 4 is 11.3 Å². The second-order valence-electron chi connectivity index (χ2n) is 4.81. The minimum Gasteiger partial charge on any atom is -0.493 e. The van der Waals surface area contributed by atoms with E-state index < -0.39 is 0 Å². The molecule has 108 valence electrons. The molecule has 1 aromatic heterocycles. The van der Waals surface area contributed by atoms with Crippen LogP contribution in [0.3, 0.4) is 0 Å². The fraction of sp³-hybridized carbons (Fsp3) is 0.438.